The van der Waals surface area contributed by atoms with Gasteiger partial charge in [-0.05, 0) is 30.7 Å². The molecule has 0 spiro atoms. The average molecular weight is 298 g/mol. The van der Waals surface area contributed by atoms with Crippen LogP contribution in [0.3, 0.4) is 0 Å². The zero-order valence-corrected chi connectivity index (χ0v) is 13.2. The number of carbonyl (C=O) groups is 1. The Morgan fingerprint density at radius 2 is 2.15 bits per heavy atom. The maximum Gasteiger partial charge on any atom is 0.238 e. The van der Waals surface area contributed by atoms with Gasteiger partial charge in [0.15, 0.2) is 0 Å². The lowest BCUT2D eigenvalue weighted by molar-refractivity contribution is -0.117. The average Bonchev–Trinajstić information content (AvgIpc) is 2.41. The first kappa shape index (κ1) is 16.8. The molecule has 5 heteroatoms. The molecule has 20 heavy (non-hydrogen) atoms. The molecule has 0 radical (unpaired) electrons. The Hall–Kier alpha value is -1.26. The van der Waals surface area contributed by atoms with Gasteiger partial charge in [-0.3, -0.25) is 9.69 Å². The van der Waals surface area contributed by atoms with Crippen LogP contribution >= 0.6 is 11.6 Å². The number of halogens is 1. The number of amides is 1. The molecule has 1 atom stereocenters. The van der Waals surface area contributed by atoms with Crippen molar-refractivity contribution in [2.24, 2.45) is 5.92 Å². The Morgan fingerprint density at radius 1 is 1.45 bits per heavy atom. The molecule has 1 aromatic rings. The molecule has 1 amide bonds. The number of carbonyl (C=O) groups excluding carboxylic acids is 1. The predicted molar refractivity (Wildman–Crippen MR) is 86.1 cm³/mol. The molecule has 1 unspecified atom stereocenters. The smallest absolute Gasteiger partial charge is 0.238 e. The van der Waals surface area contributed by atoms with Crippen LogP contribution in [0.1, 0.15) is 27.2 Å². The summed E-state index contributed by atoms with van der Waals surface area (Å²) in [5.74, 6) is 0.561. The van der Waals surface area contributed by atoms with E-state index in [0.29, 0.717) is 28.9 Å². The lowest BCUT2D eigenvalue weighted by Gasteiger charge is -2.23. The van der Waals surface area contributed by atoms with Gasteiger partial charge in [-0.1, -0.05) is 38.8 Å². The summed E-state index contributed by atoms with van der Waals surface area (Å²) in [7, 11) is 0. The molecule has 0 bridgehead atoms. The third kappa shape index (κ3) is 5.39. The Morgan fingerprint density at radius 3 is 2.70 bits per heavy atom. The van der Waals surface area contributed by atoms with Crippen LogP contribution < -0.4 is 11.1 Å². The second kappa shape index (κ2) is 8.12. The van der Waals surface area contributed by atoms with Crippen molar-refractivity contribution >= 4 is 28.9 Å². The summed E-state index contributed by atoms with van der Waals surface area (Å²) < 4.78 is 0. The van der Waals surface area contributed by atoms with E-state index in [9.17, 15) is 4.79 Å². The number of hydrogen-bond acceptors (Lipinski definition) is 3. The third-order valence-corrected chi connectivity index (χ3v) is 3.71. The number of likely N-dealkylation sites (N-methyl/N-ethyl adjacent to an activating group) is 1. The molecule has 0 saturated heterocycles. The first-order valence-electron chi connectivity index (χ1n) is 7.03. The first-order chi connectivity index (χ1) is 9.46. The number of benzene rings is 1. The van der Waals surface area contributed by atoms with Gasteiger partial charge in [-0.2, -0.15) is 0 Å². The molecule has 112 valence electrons. The Kier molecular flexibility index (Phi) is 6.82. The number of nitrogens with zero attached hydrogens (tertiary/aromatic N) is 1. The molecule has 1 rings (SSSR count). The SMILES string of the molecule is CCC(C)CN(CC)CC(=O)Nc1ccc(Cl)c(N)c1. The highest BCUT2D eigenvalue weighted by Gasteiger charge is 2.12. The summed E-state index contributed by atoms with van der Waals surface area (Å²) in [6.45, 7) is 8.61. The van der Waals surface area contributed by atoms with Crippen LogP contribution in [0.15, 0.2) is 18.2 Å². The standard InChI is InChI=1S/C15H24ClN3O/c1-4-11(3)9-19(5-2)10-15(20)18-12-6-7-13(16)14(17)8-12/h6-8,11H,4-5,9-10,17H2,1-3H3,(H,18,20). The normalized spacial score (nSPS) is 12.4. The minimum atomic E-state index is -0.0307. The fourth-order valence-corrected chi connectivity index (χ4v) is 2.02. The lowest BCUT2D eigenvalue weighted by Crippen LogP contribution is -2.36. The van der Waals surface area contributed by atoms with E-state index >= 15 is 0 Å². The fraction of sp³-hybridized carbons (Fsp3) is 0.533. The minimum absolute atomic E-state index is 0.0307. The van der Waals surface area contributed by atoms with Crippen molar-refractivity contribution in [2.75, 3.05) is 30.7 Å². The summed E-state index contributed by atoms with van der Waals surface area (Å²) in [5.41, 5.74) is 6.86. The highest BCUT2D eigenvalue weighted by molar-refractivity contribution is 6.33. The topological polar surface area (TPSA) is 58.4 Å². The highest BCUT2D eigenvalue weighted by atomic mass is 35.5. The fourth-order valence-electron chi connectivity index (χ4n) is 1.90. The van der Waals surface area contributed by atoms with Gasteiger partial charge in [-0.25, -0.2) is 0 Å². The lowest BCUT2D eigenvalue weighted by atomic mass is 10.1. The monoisotopic (exact) mass is 297 g/mol. The van der Waals surface area contributed by atoms with Crippen LogP contribution in [0.4, 0.5) is 11.4 Å². The minimum Gasteiger partial charge on any atom is -0.397 e. The van der Waals surface area contributed by atoms with Crippen molar-refractivity contribution in [3.05, 3.63) is 23.2 Å². The molecular formula is C15H24ClN3O. The van der Waals surface area contributed by atoms with Crippen LogP contribution in [-0.4, -0.2) is 30.4 Å². The molecule has 0 fully saturated rings. The Balaban J connectivity index is 2.55. The van der Waals surface area contributed by atoms with Crippen molar-refractivity contribution in [3.63, 3.8) is 0 Å². The van der Waals surface area contributed by atoms with Gasteiger partial charge in [0, 0.05) is 12.2 Å². The number of nitrogens with two attached hydrogens (primary N) is 1. The van der Waals surface area contributed by atoms with Crippen molar-refractivity contribution in [1.29, 1.82) is 0 Å². The number of anilines is 2. The van der Waals surface area contributed by atoms with Gasteiger partial charge in [-0.15, -0.1) is 0 Å². The van der Waals surface area contributed by atoms with Crippen molar-refractivity contribution < 1.29 is 4.79 Å². The summed E-state index contributed by atoms with van der Waals surface area (Å²) >= 11 is 5.85. The number of rotatable bonds is 7. The van der Waals surface area contributed by atoms with Gasteiger partial charge in [0.25, 0.3) is 0 Å². The second-order valence-corrected chi connectivity index (χ2v) is 5.53. The molecule has 0 heterocycles. The molecule has 0 aliphatic carbocycles. The van der Waals surface area contributed by atoms with Crippen LogP contribution in [-0.2, 0) is 4.79 Å². The van der Waals surface area contributed by atoms with E-state index in [1.54, 1.807) is 18.2 Å². The van der Waals surface area contributed by atoms with Crippen molar-refractivity contribution in [1.82, 2.24) is 4.90 Å². The van der Waals surface area contributed by atoms with Crippen LogP contribution in [0.25, 0.3) is 0 Å². The van der Waals surface area contributed by atoms with E-state index in [4.69, 9.17) is 17.3 Å². The summed E-state index contributed by atoms with van der Waals surface area (Å²) in [6.07, 6.45) is 1.12. The second-order valence-electron chi connectivity index (χ2n) is 5.13. The zero-order chi connectivity index (χ0) is 15.1. The largest absolute Gasteiger partial charge is 0.397 e. The molecule has 1 aromatic carbocycles. The summed E-state index contributed by atoms with van der Waals surface area (Å²) in [6, 6.07) is 5.11. The van der Waals surface area contributed by atoms with E-state index in [1.807, 2.05) is 0 Å². The molecule has 0 aliphatic heterocycles. The zero-order valence-electron chi connectivity index (χ0n) is 12.4. The van der Waals surface area contributed by atoms with Gasteiger partial charge < -0.3 is 11.1 Å². The third-order valence-electron chi connectivity index (χ3n) is 3.36. The first-order valence-corrected chi connectivity index (χ1v) is 7.41. The van der Waals surface area contributed by atoms with Crippen molar-refractivity contribution in [3.8, 4) is 0 Å². The number of hydrogen-bond donors (Lipinski definition) is 2. The molecule has 0 saturated carbocycles. The highest BCUT2D eigenvalue weighted by Crippen LogP contribution is 2.22. The Labute approximate surface area is 126 Å². The Bertz CT molecular complexity index is 451. The van der Waals surface area contributed by atoms with Crippen LogP contribution in [0, 0.1) is 5.92 Å². The van der Waals surface area contributed by atoms with E-state index in [2.05, 4.69) is 31.0 Å². The molecule has 4 nitrogen and oxygen atoms in total. The molecule has 0 aliphatic rings. The van der Waals surface area contributed by atoms with E-state index in [-0.39, 0.29) is 5.91 Å². The number of nitrogens with one attached hydrogen (secondary N) is 1. The predicted octanol–water partition coefficient (Wildman–Crippen LogP) is 3.23. The summed E-state index contributed by atoms with van der Waals surface area (Å²) in [5, 5.41) is 3.34. The van der Waals surface area contributed by atoms with Gasteiger partial charge >= 0.3 is 0 Å². The quantitative estimate of drug-likeness (QED) is 0.760. The van der Waals surface area contributed by atoms with Gasteiger partial charge in [0.1, 0.15) is 0 Å². The molecule has 3 N–H and O–H groups in total. The molecule has 0 aromatic heterocycles. The maximum atomic E-state index is 12.0. The number of nitrogen functional groups attached to an aromatic ring is 1. The maximum absolute atomic E-state index is 12.0. The van der Waals surface area contributed by atoms with E-state index < -0.39 is 0 Å². The van der Waals surface area contributed by atoms with Gasteiger partial charge in [0.2, 0.25) is 5.91 Å². The van der Waals surface area contributed by atoms with E-state index in [0.717, 1.165) is 19.5 Å². The van der Waals surface area contributed by atoms with Crippen molar-refractivity contribution in [2.45, 2.75) is 27.2 Å². The van der Waals surface area contributed by atoms with Gasteiger partial charge in [0.05, 0.1) is 17.3 Å². The van der Waals surface area contributed by atoms with Crippen LogP contribution in [0.2, 0.25) is 5.02 Å². The van der Waals surface area contributed by atoms with E-state index in [1.165, 1.54) is 0 Å². The molecular weight excluding hydrogens is 274 g/mol. The van der Waals surface area contributed by atoms with Crippen LogP contribution in [0.5, 0.6) is 0 Å². The summed E-state index contributed by atoms with van der Waals surface area (Å²) in [4.78, 5) is 14.2.